The SMILES string of the molecule is CC.CC.CC.CC.CC.CC.O=C(C[O-])OCCOC(=O)C[O-].O=C(C[O-])OCCOC(=O)C[O-].[Ti+4]. The number of ether oxygens (including phenoxy) is 4. The summed E-state index contributed by atoms with van der Waals surface area (Å²) in [5.41, 5.74) is 0. The first-order valence-electron chi connectivity index (χ1n) is 12.4. The molecule has 0 heterocycles. The summed E-state index contributed by atoms with van der Waals surface area (Å²) in [6, 6.07) is 0. The molecule has 0 amide bonds. The molecular weight excluding hydrogens is 528 g/mol. The molecule has 0 radical (unpaired) electrons. The molecule has 13 heteroatoms. The second kappa shape index (κ2) is 76.5. The van der Waals surface area contributed by atoms with E-state index in [0.717, 1.165) is 0 Å². The van der Waals surface area contributed by atoms with Gasteiger partial charge in [-0.05, 0) is 26.4 Å². The molecule has 0 spiro atoms. The van der Waals surface area contributed by atoms with E-state index in [0.29, 0.717) is 0 Å². The molecule has 0 N–H and O–H groups in total. The third-order valence-electron chi connectivity index (χ3n) is 1.69. The van der Waals surface area contributed by atoms with E-state index in [4.69, 9.17) is 0 Å². The molecule has 0 aromatic rings. The molecule has 12 nitrogen and oxygen atoms in total. The number of esters is 4. The maximum atomic E-state index is 10.2. The van der Waals surface area contributed by atoms with Crippen molar-refractivity contribution in [3.63, 3.8) is 0 Å². The Labute approximate surface area is 239 Å². The number of carbonyl (C=O) groups is 4. The van der Waals surface area contributed by atoms with Gasteiger partial charge < -0.3 is 39.4 Å². The van der Waals surface area contributed by atoms with Gasteiger partial charge in [-0.25, -0.2) is 0 Å². The predicted octanol–water partition coefficient (Wildman–Crippen LogP) is -0.258. The van der Waals surface area contributed by atoms with E-state index < -0.39 is 50.3 Å². The first kappa shape index (κ1) is 60.1. The van der Waals surface area contributed by atoms with Crippen LogP contribution < -0.4 is 20.4 Å². The Morgan fingerprint density at radius 3 is 0.568 bits per heavy atom. The van der Waals surface area contributed by atoms with Gasteiger partial charge in [0.05, 0.1) is 0 Å². The Hall–Kier alpha value is -1.57. The standard InChI is InChI=1S/2C6H8O6.6C2H6.Ti/c2*7-3-5(9)11-1-2-12-6(10)4-8;6*1-2;/h2*1-4H2;6*1-2H3;/q2*-2;;;;;;;+4. The van der Waals surface area contributed by atoms with E-state index in [1.807, 2.05) is 83.1 Å². The van der Waals surface area contributed by atoms with Crippen molar-refractivity contribution in [2.75, 3.05) is 52.9 Å². The molecule has 0 aliphatic heterocycles. The maximum Gasteiger partial charge on any atom is 4.00 e. The van der Waals surface area contributed by atoms with Crippen LogP contribution in [-0.2, 0) is 59.8 Å². The van der Waals surface area contributed by atoms with Gasteiger partial charge in [0.1, 0.15) is 26.4 Å². The van der Waals surface area contributed by atoms with E-state index in [-0.39, 0.29) is 48.1 Å². The minimum atomic E-state index is -0.963. The minimum absolute atomic E-state index is 0. The van der Waals surface area contributed by atoms with Gasteiger partial charge >= 0.3 is 21.7 Å². The van der Waals surface area contributed by atoms with Crippen LogP contribution in [0.3, 0.4) is 0 Å². The largest absolute Gasteiger partial charge is 4.00 e. The van der Waals surface area contributed by atoms with E-state index >= 15 is 0 Å². The van der Waals surface area contributed by atoms with Crippen molar-refractivity contribution in [2.24, 2.45) is 0 Å². The molecule has 0 saturated heterocycles. The van der Waals surface area contributed by atoms with Crippen molar-refractivity contribution in [3.8, 4) is 0 Å². The number of carbonyl (C=O) groups excluding carboxylic acids is 4. The van der Waals surface area contributed by atoms with E-state index in [1.165, 1.54) is 0 Å². The van der Waals surface area contributed by atoms with Crippen LogP contribution in [0.25, 0.3) is 0 Å². The van der Waals surface area contributed by atoms with E-state index in [2.05, 4.69) is 18.9 Å². The fourth-order valence-corrected chi connectivity index (χ4v) is 0.789. The summed E-state index contributed by atoms with van der Waals surface area (Å²) >= 11 is 0. The molecule has 0 aromatic carbocycles. The zero-order chi connectivity index (χ0) is 30.8. The average molecular weight is 581 g/mol. The molecule has 0 saturated carbocycles. The van der Waals surface area contributed by atoms with Crippen molar-refractivity contribution < 1.29 is 80.3 Å². The average Bonchev–Trinajstić information content (AvgIpc) is 2.99. The molecule has 0 aromatic heterocycles. The molecular formula is C24H52O12Ti. The van der Waals surface area contributed by atoms with Crippen molar-refractivity contribution in [1.29, 1.82) is 0 Å². The second-order valence-electron chi connectivity index (χ2n) is 3.46. The molecule has 0 aliphatic rings. The van der Waals surface area contributed by atoms with Gasteiger partial charge in [0.2, 0.25) is 0 Å². The van der Waals surface area contributed by atoms with Crippen LogP contribution >= 0.6 is 0 Å². The molecule has 0 rings (SSSR count). The van der Waals surface area contributed by atoms with Crippen molar-refractivity contribution in [1.82, 2.24) is 0 Å². The van der Waals surface area contributed by atoms with Crippen LogP contribution in [0.2, 0.25) is 0 Å². The van der Waals surface area contributed by atoms with Gasteiger partial charge in [-0.1, -0.05) is 83.1 Å². The number of rotatable bonds is 10. The summed E-state index contributed by atoms with van der Waals surface area (Å²) in [5, 5.41) is 39.1. The van der Waals surface area contributed by atoms with Crippen molar-refractivity contribution >= 4 is 23.9 Å². The molecule has 0 atom stereocenters. The normalized spacial score (nSPS) is 6.92. The fourth-order valence-electron chi connectivity index (χ4n) is 0.789. The summed E-state index contributed by atoms with van der Waals surface area (Å²) in [6.45, 7) is 19.4. The third kappa shape index (κ3) is 86.8. The molecule has 0 unspecified atom stereocenters. The van der Waals surface area contributed by atoms with Gasteiger partial charge in [-0.2, -0.15) is 0 Å². The zero-order valence-corrected chi connectivity index (χ0v) is 26.6. The molecule has 224 valence electrons. The van der Waals surface area contributed by atoms with Gasteiger partial charge in [0.15, 0.2) is 0 Å². The summed E-state index contributed by atoms with van der Waals surface area (Å²) in [6.07, 6.45) is 0. The molecule has 0 fully saturated rings. The Morgan fingerprint density at radius 1 is 0.378 bits per heavy atom. The van der Waals surface area contributed by atoms with Crippen molar-refractivity contribution in [2.45, 2.75) is 83.1 Å². The van der Waals surface area contributed by atoms with Crippen LogP contribution in [0, 0.1) is 0 Å². The maximum absolute atomic E-state index is 10.2. The van der Waals surface area contributed by atoms with E-state index in [9.17, 15) is 39.6 Å². The minimum Gasteiger partial charge on any atom is -0.846 e. The van der Waals surface area contributed by atoms with Gasteiger partial charge in [-0.15, -0.1) is 0 Å². The molecule has 0 bridgehead atoms. The number of hydrogen-bond donors (Lipinski definition) is 0. The number of hydrogen-bond acceptors (Lipinski definition) is 12. The Balaban J connectivity index is -0.0000000421. The van der Waals surface area contributed by atoms with Gasteiger partial charge in [0, 0.05) is 0 Å². The van der Waals surface area contributed by atoms with Gasteiger partial charge in [0.25, 0.3) is 23.9 Å². The second-order valence-corrected chi connectivity index (χ2v) is 3.46. The van der Waals surface area contributed by atoms with Crippen LogP contribution in [0.4, 0.5) is 0 Å². The first-order chi connectivity index (χ1) is 17.4. The van der Waals surface area contributed by atoms with Crippen LogP contribution in [-0.4, -0.2) is 76.7 Å². The smallest absolute Gasteiger partial charge is 0.846 e. The van der Waals surface area contributed by atoms with Crippen molar-refractivity contribution in [3.05, 3.63) is 0 Å². The first-order valence-corrected chi connectivity index (χ1v) is 12.4. The molecule has 37 heavy (non-hydrogen) atoms. The van der Waals surface area contributed by atoms with E-state index in [1.54, 1.807) is 0 Å². The summed E-state index contributed by atoms with van der Waals surface area (Å²) < 4.78 is 17.0. The summed E-state index contributed by atoms with van der Waals surface area (Å²) in [7, 11) is 0. The fraction of sp³-hybridized carbons (Fsp3) is 0.833. The monoisotopic (exact) mass is 580 g/mol. The van der Waals surface area contributed by atoms with Gasteiger partial charge in [-0.3, -0.25) is 19.2 Å². The topological polar surface area (TPSA) is 197 Å². The Kier molecular flexibility index (Phi) is 124. The summed E-state index contributed by atoms with van der Waals surface area (Å²) in [5.74, 6) is -3.64. The zero-order valence-electron chi connectivity index (χ0n) is 25.1. The summed E-state index contributed by atoms with van der Waals surface area (Å²) in [4.78, 5) is 40.8. The predicted molar refractivity (Wildman–Crippen MR) is 131 cm³/mol. The van der Waals surface area contributed by atoms with Crippen LogP contribution in [0.15, 0.2) is 0 Å². The molecule has 0 aliphatic carbocycles. The third-order valence-corrected chi connectivity index (χ3v) is 1.69. The Bertz CT molecular complexity index is 324. The Morgan fingerprint density at radius 2 is 0.486 bits per heavy atom. The quantitative estimate of drug-likeness (QED) is 0.142. The van der Waals surface area contributed by atoms with Crippen LogP contribution in [0.5, 0.6) is 0 Å². The van der Waals surface area contributed by atoms with Crippen LogP contribution in [0.1, 0.15) is 83.1 Å².